The summed E-state index contributed by atoms with van der Waals surface area (Å²) in [5, 5.41) is -0.452. The summed E-state index contributed by atoms with van der Waals surface area (Å²) in [6.07, 6.45) is 1.81. The predicted octanol–water partition coefficient (Wildman–Crippen LogP) is 7.99. The number of hydrogen-bond acceptors (Lipinski definition) is 5. The number of benzene rings is 4. The molecule has 0 N–H and O–H groups in total. The molecule has 0 bridgehead atoms. The van der Waals surface area contributed by atoms with Gasteiger partial charge in [-0.2, -0.15) is 0 Å². The molecule has 1 aliphatic heterocycles. The molecule has 184 valence electrons. The molecule has 1 aliphatic rings. The lowest BCUT2D eigenvalue weighted by atomic mass is 10.0. The lowest BCUT2D eigenvalue weighted by Crippen LogP contribution is -2.31. The average Bonchev–Trinajstić information content (AvgIpc) is 3.26. The second-order valence-corrected chi connectivity index (χ2v) is 11.3. The first-order chi connectivity index (χ1) is 18.2. The van der Waals surface area contributed by atoms with Gasteiger partial charge in [-0.1, -0.05) is 78.5 Å². The van der Waals surface area contributed by atoms with Crippen LogP contribution in [-0.2, 0) is 17.6 Å². The SMILES string of the molecule is CCOc1ccc2nc(S[C@H](C(=O)N3c4ccccc4CCc4ccccc43)c3ccccc3)sc2c1. The van der Waals surface area contributed by atoms with E-state index in [0.717, 1.165) is 50.1 Å². The number of aromatic nitrogens is 1. The molecule has 2 heterocycles. The van der Waals surface area contributed by atoms with Gasteiger partial charge in [0.25, 0.3) is 0 Å². The first kappa shape index (κ1) is 23.8. The van der Waals surface area contributed by atoms with Crippen molar-refractivity contribution in [2.45, 2.75) is 29.4 Å². The lowest BCUT2D eigenvalue weighted by molar-refractivity contribution is -0.117. The number of aryl methyl sites for hydroxylation is 2. The van der Waals surface area contributed by atoms with Crippen molar-refractivity contribution in [3.8, 4) is 5.75 Å². The zero-order valence-corrected chi connectivity index (χ0v) is 22.1. The van der Waals surface area contributed by atoms with Gasteiger partial charge in [0.05, 0.1) is 28.2 Å². The highest BCUT2D eigenvalue weighted by Gasteiger charge is 2.33. The number of carbonyl (C=O) groups excluding carboxylic acids is 1. The molecule has 1 aromatic heterocycles. The largest absolute Gasteiger partial charge is 0.494 e. The van der Waals surface area contributed by atoms with Crippen molar-refractivity contribution in [1.82, 2.24) is 4.98 Å². The van der Waals surface area contributed by atoms with E-state index in [1.54, 1.807) is 11.3 Å². The van der Waals surface area contributed by atoms with Crippen molar-refractivity contribution in [1.29, 1.82) is 0 Å². The molecule has 37 heavy (non-hydrogen) atoms. The number of anilines is 2. The van der Waals surface area contributed by atoms with E-state index in [1.807, 2.05) is 72.5 Å². The number of para-hydroxylation sites is 2. The van der Waals surface area contributed by atoms with Gasteiger partial charge in [0, 0.05) is 0 Å². The first-order valence-electron chi connectivity index (χ1n) is 12.5. The van der Waals surface area contributed by atoms with Gasteiger partial charge in [-0.05, 0) is 66.8 Å². The molecule has 0 fully saturated rings. The maximum absolute atomic E-state index is 14.6. The molecule has 1 amide bonds. The van der Waals surface area contributed by atoms with E-state index >= 15 is 0 Å². The number of amides is 1. The number of nitrogens with zero attached hydrogens (tertiary/aromatic N) is 2. The third kappa shape index (κ3) is 4.75. The highest BCUT2D eigenvalue weighted by atomic mass is 32.2. The Morgan fingerprint density at radius 3 is 2.24 bits per heavy atom. The van der Waals surface area contributed by atoms with Crippen LogP contribution < -0.4 is 9.64 Å². The highest BCUT2D eigenvalue weighted by Crippen LogP contribution is 2.45. The van der Waals surface area contributed by atoms with Gasteiger partial charge in [0.1, 0.15) is 11.0 Å². The topological polar surface area (TPSA) is 42.4 Å². The molecule has 6 rings (SSSR count). The molecular weight excluding hydrogens is 496 g/mol. The van der Waals surface area contributed by atoms with Crippen LogP contribution >= 0.6 is 23.1 Å². The molecule has 4 aromatic carbocycles. The Kier molecular flexibility index (Phi) is 6.68. The van der Waals surface area contributed by atoms with Gasteiger partial charge in [-0.3, -0.25) is 9.69 Å². The van der Waals surface area contributed by atoms with Gasteiger partial charge in [0.2, 0.25) is 5.91 Å². The van der Waals surface area contributed by atoms with Gasteiger partial charge >= 0.3 is 0 Å². The maximum Gasteiger partial charge on any atom is 0.249 e. The quantitative estimate of drug-likeness (QED) is 0.212. The Labute approximate surface area is 224 Å². The summed E-state index contributed by atoms with van der Waals surface area (Å²) >= 11 is 3.12. The van der Waals surface area contributed by atoms with Crippen molar-refractivity contribution in [2.75, 3.05) is 11.5 Å². The summed E-state index contributed by atoms with van der Waals surface area (Å²) in [5.74, 6) is 0.871. The Balaban J connectivity index is 1.44. The van der Waals surface area contributed by atoms with E-state index in [0.29, 0.717) is 6.61 Å². The number of rotatable bonds is 6. The third-order valence-electron chi connectivity index (χ3n) is 6.55. The van der Waals surface area contributed by atoms with Crippen molar-refractivity contribution in [3.05, 3.63) is 114 Å². The van der Waals surface area contributed by atoms with Gasteiger partial charge in [-0.25, -0.2) is 4.98 Å². The molecule has 5 aromatic rings. The van der Waals surface area contributed by atoms with E-state index in [4.69, 9.17) is 9.72 Å². The monoisotopic (exact) mass is 522 g/mol. The van der Waals surface area contributed by atoms with E-state index < -0.39 is 5.25 Å². The average molecular weight is 523 g/mol. The summed E-state index contributed by atoms with van der Waals surface area (Å²) in [7, 11) is 0. The minimum atomic E-state index is -0.452. The fraction of sp³-hybridized carbons (Fsp3) is 0.161. The number of carbonyl (C=O) groups is 1. The zero-order chi connectivity index (χ0) is 25.2. The minimum absolute atomic E-state index is 0.0345. The van der Waals surface area contributed by atoms with Gasteiger partial charge in [-0.15, -0.1) is 11.3 Å². The van der Waals surface area contributed by atoms with E-state index in [1.165, 1.54) is 22.9 Å². The Morgan fingerprint density at radius 2 is 1.57 bits per heavy atom. The number of hydrogen-bond donors (Lipinski definition) is 0. The van der Waals surface area contributed by atoms with E-state index in [-0.39, 0.29) is 5.91 Å². The lowest BCUT2D eigenvalue weighted by Gasteiger charge is -2.28. The molecule has 0 saturated carbocycles. The second-order valence-electron chi connectivity index (χ2n) is 8.88. The third-order valence-corrected chi connectivity index (χ3v) is 8.90. The molecule has 1 atom stereocenters. The molecule has 0 aliphatic carbocycles. The standard InChI is InChI=1S/C31H26N2O2S2/c1-2-35-24-18-19-25-28(20-24)36-31(32-25)37-29(23-12-4-3-5-13-23)30(34)33-26-14-8-6-10-21(26)16-17-22-11-7-9-15-27(22)33/h3-15,18-20,29H,2,16-17H2,1H3/t29-/m0/s1. The molecule has 0 saturated heterocycles. The van der Waals surface area contributed by atoms with Crippen molar-refractivity contribution in [3.63, 3.8) is 0 Å². The van der Waals surface area contributed by atoms with Crippen LogP contribution in [0.25, 0.3) is 10.2 Å². The van der Waals surface area contributed by atoms with Crippen LogP contribution in [0.15, 0.2) is 101 Å². The molecule has 0 unspecified atom stereocenters. The predicted molar refractivity (Wildman–Crippen MR) is 153 cm³/mol. The highest BCUT2D eigenvalue weighted by molar-refractivity contribution is 8.02. The normalized spacial score (nSPS) is 13.5. The van der Waals surface area contributed by atoms with Crippen LogP contribution in [0, 0.1) is 0 Å². The van der Waals surface area contributed by atoms with Crippen molar-refractivity contribution in [2.24, 2.45) is 0 Å². The minimum Gasteiger partial charge on any atom is -0.494 e. The Hall–Kier alpha value is -3.61. The van der Waals surface area contributed by atoms with Crippen LogP contribution in [0.2, 0.25) is 0 Å². The number of thiazole rings is 1. The molecular formula is C31H26N2O2S2. The van der Waals surface area contributed by atoms with Crippen LogP contribution in [0.4, 0.5) is 11.4 Å². The fourth-order valence-electron chi connectivity index (χ4n) is 4.81. The summed E-state index contributed by atoms with van der Waals surface area (Å²) in [6, 6.07) is 32.5. The summed E-state index contributed by atoms with van der Waals surface area (Å²) in [6.45, 7) is 2.60. The Bertz CT molecular complexity index is 1520. The first-order valence-corrected chi connectivity index (χ1v) is 14.2. The summed E-state index contributed by atoms with van der Waals surface area (Å²) in [5.41, 5.74) is 6.18. The molecule has 0 radical (unpaired) electrons. The van der Waals surface area contributed by atoms with Crippen LogP contribution in [-0.4, -0.2) is 17.5 Å². The Morgan fingerprint density at radius 1 is 0.919 bits per heavy atom. The van der Waals surface area contributed by atoms with Crippen molar-refractivity contribution >= 4 is 50.6 Å². The number of thioether (sulfide) groups is 1. The summed E-state index contributed by atoms with van der Waals surface area (Å²) in [4.78, 5) is 21.4. The number of ether oxygens (including phenoxy) is 1. The van der Waals surface area contributed by atoms with Crippen LogP contribution in [0.1, 0.15) is 28.9 Å². The zero-order valence-electron chi connectivity index (χ0n) is 20.5. The summed E-state index contributed by atoms with van der Waals surface area (Å²) < 4.78 is 7.60. The molecule has 4 nitrogen and oxygen atoms in total. The smallest absolute Gasteiger partial charge is 0.249 e. The van der Waals surface area contributed by atoms with Crippen LogP contribution in [0.5, 0.6) is 5.75 Å². The van der Waals surface area contributed by atoms with E-state index in [9.17, 15) is 4.79 Å². The van der Waals surface area contributed by atoms with Crippen LogP contribution in [0.3, 0.4) is 0 Å². The van der Waals surface area contributed by atoms with Gasteiger partial charge in [0.15, 0.2) is 4.34 Å². The maximum atomic E-state index is 14.6. The molecule has 0 spiro atoms. The number of fused-ring (bicyclic) bond motifs is 3. The van der Waals surface area contributed by atoms with Gasteiger partial charge < -0.3 is 4.74 Å². The molecule has 6 heteroatoms. The fourth-order valence-corrected chi connectivity index (χ4v) is 7.14. The van der Waals surface area contributed by atoms with E-state index in [2.05, 4.69) is 36.4 Å². The second kappa shape index (κ2) is 10.4. The van der Waals surface area contributed by atoms with Crippen molar-refractivity contribution < 1.29 is 9.53 Å².